The Labute approximate surface area is 164 Å². The van der Waals surface area contributed by atoms with Crippen LogP contribution >= 0.6 is 22.6 Å². The Bertz CT molecular complexity index is 1110. The molecule has 1 heterocycles. The van der Waals surface area contributed by atoms with E-state index in [2.05, 4.69) is 32.6 Å². The van der Waals surface area contributed by atoms with E-state index in [4.69, 9.17) is 4.42 Å². The monoisotopic (exact) mass is 454 g/mol. The first-order valence-corrected chi connectivity index (χ1v) is 9.17. The molecule has 0 radical (unpaired) electrons. The number of aromatic hydroxyl groups is 1. The van der Waals surface area contributed by atoms with Gasteiger partial charge in [-0.3, -0.25) is 4.99 Å². The van der Waals surface area contributed by atoms with Crippen LogP contribution in [0.3, 0.4) is 0 Å². The van der Waals surface area contributed by atoms with E-state index in [0.29, 0.717) is 11.5 Å². The molecule has 0 atom stereocenters. The van der Waals surface area contributed by atoms with Crippen molar-refractivity contribution in [1.82, 2.24) is 4.98 Å². The number of aryl methyl sites for hydroxylation is 1. The quantitative estimate of drug-likeness (QED) is 0.312. The number of hydrogen-bond acceptors (Lipinski definition) is 4. The van der Waals surface area contributed by atoms with Gasteiger partial charge in [-0.25, -0.2) is 4.98 Å². The number of aromatic nitrogens is 1. The zero-order valence-electron chi connectivity index (χ0n) is 14.0. The minimum Gasteiger partial charge on any atom is -0.507 e. The highest BCUT2D eigenvalue weighted by Crippen LogP contribution is 2.27. The molecule has 3 aromatic carbocycles. The molecule has 0 saturated heterocycles. The topological polar surface area (TPSA) is 58.6 Å². The lowest BCUT2D eigenvalue weighted by molar-refractivity contribution is 0.474. The lowest BCUT2D eigenvalue weighted by atomic mass is 10.2. The Hall–Kier alpha value is -2.67. The first kappa shape index (κ1) is 16.8. The predicted molar refractivity (Wildman–Crippen MR) is 112 cm³/mol. The molecule has 0 aliphatic carbocycles. The lowest BCUT2D eigenvalue weighted by Crippen LogP contribution is -1.84. The van der Waals surface area contributed by atoms with Gasteiger partial charge >= 0.3 is 0 Å². The Kier molecular flexibility index (Phi) is 4.46. The van der Waals surface area contributed by atoms with Crippen molar-refractivity contribution in [3.63, 3.8) is 0 Å². The van der Waals surface area contributed by atoms with Crippen LogP contribution in [0.2, 0.25) is 0 Å². The van der Waals surface area contributed by atoms with Crippen LogP contribution in [0.25, 0.3) is 22.6 Å². The first-order chi connectivity index (χ1) is 12.6. The predicted octanol–water partition coefficient (Wildman–Crippen LogP) is 5.86. The van der Waals surface area contributed by atoms with Crippen molar-refractivity contribution in [2.24, 2.45) is 4.99 Å². The standard InChI is InChI=1S/C21H15IN2O2/c1-13-3-2-4-19-20(13)24-21(26-19)14-5-8-17(9-6-14)23-12-15-11-16(22)7-10-18(15)25/h2-12,25H,1H3. The highest BCUT2D eigenvalue weighted by Gasteiger charge is 2.09. The summed E-state index contributed by atoms with van der Waals surface area (Å²) in [5.41, 5.74) is 5.15. The number of nitrogens with zero attached hydrogens (tertiary/aromatic N) is 2. The smallest absolute Gasteiger partial charge is 0.227 e. The SMILES string of the molecule is Cc1cccc2oc(-c3ccc(N=Cc4cc(I)ccc4O)cc3)nc12. The molecule has 26 heavy (non-hydrogen) atoms. The minimum absolute atomic E-state index is 0.215. The first-order valence-electron chi connectivity index (χ1n) is 8.09. The fourth-order valence-corrected chi connectivity index (χ4v) is 3.19. The second-order valence-corrected chi connectivity index (χ2v) is 7.19. The van der Waals surface area contributed by atoms with Gasteiger partial charge in [-0.15, -0.1) is 0 Å². The molecule has 4 rings (SSSR count). The van der Waals surface area contributed by atoms with Crippen LogP contribution in [-0.2, 0) is 0 Å². The number of phenols is 1. The van der Waals surface area contributed by atoms with Crippen molar-refractivity contribution in [1.29, 1.82) is 0 Å². The van der Waals surface area contributed by atoms with Gasteiger partial charge in [0.05, 0.1) is 5.69 Å². The highest BCUT2D eigenvalue weighted by molar-refractivity contribution is 14.1. The maximum absolute atomic E-state index is 9.88. The van der Waals surface area contributed by atoms with Crippen LogP contribution in [0.1, 0.15) is 11.1 Å². The van der Waals surface area contributed by atoms with E-state index in [1.165, 1.54) is 0 Å². The summed E-state index contributed by atoms with van der Waals surface area (Å²) in [4.78, 5) is 9.02. The zero-order valence-corrected chi connectivity index (χ0v) is 16.1. The molecule has 4 aromatic rings. The number of phenolic OH excluding ortho intramolecular Hbond substituents is 1. The van der Waals surface area contributed by atoms with Crippen molar-refractivity contribution in [2.45, 2.75) is 6.92 Å². The molecule has 0 bridgehead atoms. The Balaban J connectivity index is 1.61. The highest BCUT2D eigenvalue weighted by atomic mass is 127. The second-order valence-electron chi connectivity index (χ2n) is 5.95. The van der Waals surface area contributed by atoms with Gasteiger partial charge in [0.2, 0.25) is 5.89 Å². The van der Waals surface area contributed by atoms with Gasteiger partial charge < -0.3 is 9.52 Å². The lowest BCUT2D eigenvalue weighted by Gasteiger charge is -2.00. The summed E-state index contributed by atoms with van der Waals surface area (Å²) in [6.45, 7) is 2.02. The van der Waals surface area contributed by atoms with Crippen LogP contribution in [0.15, 0.2) is 70.1 Å². The molecule has 5 heteroatoms. The molecular weight excluding hydrogens is 439 g/mol. The molecule has 0 amide bonds. The van der Waals surface area contributed by atoms with Crippen molar-refractivity contribution in [3.8, 4) is 17.2 Å². The maximum atomic E-state index is 9.88. The van der Waals surface area contributed by atoms with Gasteiger partial charge in [-0.2, -0.15) is 0 Å². The van der Waals surface area contributed by atoms with E-state index in [1.54, 1.807) is 12.3 Å². The van der Waals surface area contributed by atoms with Crippen molar-refractivity contribution >= 4 is 45.6 Å². The summed E-state index contributed by atoms with van der Waals surface area (Å²) in [6.07, 6.45) is 1.66. The minimum atomic E-state index is 0.215. The number of oxazole rings is 1. The Morgan fingerprint density at radius 3 is 2.65 bits per heavy atom. The van der Waals surface area contributed by atoms with Gasteiger partial charge in [-0.1, -0.05) is 12.1 Å². The van der Waals surface area contributed by atoms with Gasteiger partial charge in [0.25, 0.3) is 0 Å². The zero-order chi connectivity index (χ0) is 18.1. The molecule has 0 fully saturated rings. The third-order valence-electron chi connectivity index (χ3n) is 4.08. The third kappa shape index (κ3) is 3.35. The fourth-order valence-electron chi connectivity index (χ4n) is 2.67. The van der Waals surface area contributed by atoms with Crippen molar-refractivity contribution in [2.75, 3.05) is 0 Å². The molecule has 128 valence electrons. The summed E-state index contributed by atoms with van der Waals surface area (Å²) in [5, 5.41) is 9.88. The second kappa shape index (κ2) is 6.92. The summed E-state index contributed by atoms with van der Waals surface area (Å²) in [7, 11) is 0. The number of rotatable bonds is 3. The summed E-state index contributed by atoms with van der Waals surface area (Å²) >= 11 is 2.20. The van der Waals surface area contributed by atoms with Crippen LogP contribution < -0.4 is 0 Å². The number of fused-ring (bicyclic) bond motifs is 1. The van der Waals surface area contributed by atoms with Gasteiger partial charge in [0.1, 0.15) is 11.3 Å². The Morgan fingerprint density at radius 1 is 1.08 bits per heavy atom. The number of para-hydroxylation sites is 1. The summed E-state index contributed by atoms with van der Waals surface area (Å²) < 4.78 is 6.89. The van der Waals surface area contributed by atoms with E-state index in [9.17, 15) is 5.11 Å². The maximum Gasteiger partial charge on any atom is 0.227 e. The third-order valence-corrected chi connectivity index (χ3v) is 4.75. The van der Waals surface area contributed by atoms with E-state index in [1.807, 2.05) is 61.5 Å². The average Bonchev–Trinajstić information content (AvgIpc) is 3.09. The molecule has 0 aliphatic rings. The van der Waals surface area contributed by atoms with Gasteiger partial charge in [0.15, 0.2) is 5.58 Å². The van der Waals surface area contributed by atoms with E-state index >= 15 is 0 Å². The van der Waals surface area contributed by atoms with Crippen LogP contribution in [0.5, 0.6) is 5.75 Å². The van der Waals surface area contributed by atoms with Gasteiger partial charge in [-0.05, 0) is 83.6 Å². The normalized spacial score (nSPS) is 11.5. The molecule has 0 spiro atoms. The number of hydrogen-bond donors (Lipinski definition) is 1. The molecule has 4 nitrogen and oxygen atoms in total. The van der Waals surface area contributed by atoms with Crippen LogP contribution in [0.4, 0.5) is 5.69 Å². The molecular formula is C21H15IN2O2. The largest absolute Gasteiger partial charge is 0.507 e. The van der Waals surface area contributed by atoms with Gasteiger partial charge in [0, 0.05) is 20.9 Å². The summed E-state index contributed by atoms with van der Waals surface area (Å²) in [5.74, 6) is 0.813. The van der Waals surface area contributed by atoms with E-state index in [0.717, 1.165) is 31.5 Å². The average molecular weight is 454 g/mol. The number of halogens is 1. The molecule has 1 aromatic heterocycles. The number of benzene rings is 3. The van der Waals surface area contributed by atoms with E-state index in [-0.39, 0.29) is 5.75 Å². The molecule has 0 aliphatic heterocycles. The van der Waals surface area contributed by atoms with Crippen molar-refractivity contribution in [3.05, 3.63) is 75.4 Å². The van der Waals surface area contributed by atoms with Crippen LogP contribution in [0, 0.1) is 10.5 Å². The van der Waals surface area contributed by atoms with Crippen LogP contribution in [-0.4, -0.2) is 16.3 Å². The molecule has 0 unspecified atom stereocenters. The fraction of sp³-hybridized carbons (Fsp3) is 0.0476. The number of aliphatic imine (C=N–C) groups is 1. The van der Waals surface area contributed by atoms with E-state index < -0.39 is 0 Å². The van der Waals surface area contributed by atoms with Crippen molar-refractivity contribution < 1.29 is 9.52 Å². The molecule has 1 N–H and O–H groups in total. The Morgan fingerprint density at radius 2 is 1.88 bits per heavy atom. The molecule has 0 saturated carbocycles. The summed E-state index contributed by atoms with van der Waals surface area (Å²) in [6, 6.07) is 19.0.